The lowest BCUT2D eigenvalue weighted by Gasteiger charge is -2.31. The van der Waals surface area contributed by atoms with Gasteiger partial charge in [0.2, 0.25) is 11.9 Å². The second-order valence-corrected chi connectivity index (χ2v) is 10.1. The molecule has 3 aliphatic rings. The first kappa shape index (κ1) is 20.0. The van der Waals surface area contributed by atoms with Crippen molar-refractivity contribution in [3.63, 3.8) is 0 Å². The molecule has 0 N–H and O–H groups in total. The van der Waals surface area contributed by atoms with E-state index >= 15 is 0 Å². The molecule has 1 amide bonds. The maximum atomic E-state index is 12.7. The minimum atomic E-state index is 0.217. The summed E-state index contributed by atoms with van der Waals surface area (Å²) in [6, 6.07) is 0.530. The van der Waals surface area contributed by atoms with E-state index in [1.54, 1.807) is 11.8 Å². The third-order valence-corrected chi connectivity index (χ3v) is 7.56. The van der Waals surface area contributed by atoms with E-state index in [9.17, 15) is 4.79 Å². The molecule has 7 heteroatoms. The molecular formula is C21H35N5OS. The SMILES string of the molecule is CC1CCN(c2nnc(SCC(=O)N(C)CC3CCCCC3)n2C2CC2)CC1. The van der Waals surface area contributed by atoms with Crippen molar-refractivity contribution in [2.75, 3.05) is 37.3 Å². The first-order chi connectivity index (χ1) is 13.6. The average molecular weight is 406 g/mol. The van der Waals surface area contributed by atoms with Crippen LogP contribution in [0.15, 0.2) is 5.16 Å². The van der Waals surface area contributed by atoms with E-state index in [0.717, 1.165) is 36.7 Å². The van der Waals surface area contributed by atoms with Crippen LogP contribution in [0.1, 0.15) is 70.8 Å². The van der Waals surface area contributed by atoms with Gasteiger partial charge >= 0.3 is 0 Å². The van der Waals surface area contributed by atoms with Gasteiger partial charge in [0.1, 0.15) is 0 Å². The van der Waals surface area contributed by atoms with Crippen molar-refractivity contribution in [1.29, 1.82) is 0 Å². The number of hydrogen-bond donors (Lipinski definition) is 0. The number of hydrogen-bond acceptors (Lipinski definition) is 5. The predicted molar refractivity (Wildman–Crippen MR) is 114 cm³/mol. The Morgan fingerprint density at radius 3 is 2.46 bits per heavy atom. The minimum Gasteiger partial charge on any atom is -0.345 e. The highest BCUT2D eigenvalue weighted by Crippen LogP contribution is 2.41. The molecule has 0 bridgehead atoms. The number of carbonyl (C=O) groups excluding carboxylic acids is 1. The molecule has 3 fully saturated rings. The summed E-state index contributed by atoms with van der Waals surface area (Å²) in [7, 11) is 1.96. The van der Waals surface area contributed by atoms with Crippen LogP contribution in [0.2, 0.25) is 0 Å². The van der Waals surface area contributed by atoms with E-state index in [-0.39, 0.29) is 5.91 Å². The maximum absolute atomic E-state index is 12.7. The van der Waals surface area contributed by atoms with Crippen molar-refractivity contribution in [3.05, 3.63) is 0 Å². The lowest BCUT2D eigenvalue weighted by molar-refractivity contribution is -0.127. The second-order valence-electron chi connectivity index (χ2n) is 9.12. The van der Waals surface area contributed by atoms with Crippen LogP contribution >= 0.6 is 11.8 Å². The molecule has 0 unspecified atom stereocenters. The fraction of sp³-hybridized carbons (Fsp3) is 0.857. The van der Waals surface area contributed by atoms with Crippen LogP contribution in [0, 0.1) is 11.8 Å². The van der Waals surface area contributed by atoms with Crippen LogP contribution < -0.4 is 4.90 Å². The molecule has 2 heterocycles. The molecule has 1 aromatic rings. The Morgan fingerprint density at radius 2 is 1.79 bits per heavy atom. The molecule has 156 valence electrons. The molecule has 2 aliphatic carbocycles. The topological polar surface area (TPSA) is 54.3 Å². The Balaban J connectivity index is 1.34. The van der Waals surface area contributed by atoms with Gasteiger partial charge in [0, 0.05) is 32.7 Å². The normalized spacial score (nSPS) is 21.9. The third kappa shape index (κ3) is 4.84. The standard InChI is InChI=1S/C21H35N5OS/c1-16-10-12-25(13-11-16)20-22-23-21(26(20)18-8-9-18)28-15-19(27)24(2)14-17-6-4-3-5-7-17/h16-18H,3-15H2,1-2H3. The number of aromatic nitrogens is 3. The Morgan fingerprint density at radius 1 is 1.07 bits per heavy atom. The monoisotopic (exact) mass is 405 g/mol. The zero-order valence-electron chi connectivity index (χ0n) is 17.5. The van der Waals surface area contributed by atoms with Crippen molar-refractivity contribution < 1.29 is 4.79 Å². The highest BCUT2D eigenvalue weighted by atomic mass is 32.2. The van der Waals surface area contributed by atoms with Crippen LogP contribution in [-0.2, 0) is 4.79 Å². The molecule has 0 radical (unpaired) electrons. The summed E-state index contributed by atoms with van der Waals surface area (Å²) in [6.07, 6.45) is 11.4. The van der Waals surface area contributed by atoms with Gasteiger partial charge in [0.15, 0.2) is 5.16 Å². The lowest BCUT2D eigenvalue weighted by Crippen LogP contribution is -2.35. The molecule has 1 aliphatic heterocycles. The number of carbonyl (C=O) groups is 1. The number of thioether (sulfide) groups is 1. The van der Waals surface area contributed by atoms with E-state index in [4.69, 9.17) is 0 Å². The molecule has 1 aromatic heterocycles. The Bertz CT molecular complexity index is 660. The Labute approximate surface area is 173 Å². The maximum Gasteiger partial charge on any atom is 0.232 e. The van der Waals surface area contributed by atoms with Crippen molar-refractivity contribution >= 4 is 23.6 Å². The van der Waals surface area contributed by atoms with Gasteiger partial charge in [-0.2, -0.15) is 0 Å². The lowest BCUT2D eigenvalue weighted by atomic mass is 9.89. The van der Waals surface area contributed by atoms with Gasteiger partial charge < -0.3 is 9.80 Å². The van der Waals surface area contributed by atoms with E-state index in [0.29, 0.717) is 17.7 Å². The number of anilines is 1. The largest absolute Gasteiger partial charge is 0.345 e. The summed E-state index contributed by atoms with van der Waals surface area (Å²) in [5, 5.41) is 9.94. The van der Waals surface area contributed by atoms with Gasteiger partial charge in [-0.3, -0.25) is 9.36 Å². The molecule has 2 saturated carbocycles. The van der Waals surface area contributed by atoms with Crippen molar-refractivity contribution in [2.45, 2.75) is 75.9 Å². The zero-order chi connectivity index (χ0) is 19.5. The molecule has 4 rings (SSSR count). The molecule has 28 heavy (non-hydrogen) atoms. The second kappa shape index (κ2) is 9.06. The Hall–Kier alpha value is -1.24. The molecule has 1 saturated heterocycles. The van der Waals surface area contributed by atoms with Gasteiger partial charge in [-0.1, -0.05) is 37.9 Å². The predicted octanol–water partition coefficient (Wildman–Crippen LogP) is 3.98. The first-order valence-corrected chi connectivity index (χ1v) is 12.2. The van der Waals surface area contributed by atoms with E-state index in [1.807, 2.05) is 11.9 Å². The zero-order valence-corrected chi connectivity index (χ0v) is 18.3. The molecular weight excluding hydrogens is 370 g/mol. The highest BCUT2D eigenvalue weighted by molar-refractivity contribution is 7.99. The van der Waals surface area contributed by atoms with E-state index < -0.39 is 0 Å². The third-order valence-electron chi connectivity index (χ3n) is 6.63. The minimum absolute atomic E-state index is 0.217. The van der Waals surface area contributed by atoms with Crippen LogP contribution in [0.5, 0.6) is 0 Å². The van der Waals surface area contributed by atoms with Gasteiger partial charge in [-0.25, -0.2) is 0 Å². The molecule has 0 atom stereocenters. The summed E-state index contributed by atoms with van der Waals surface area (Å²) < 4.78 is 2.31. The van der Waals surface area contributed by atoms with Crippen molar-refractivity contribution in [2.24, 2.45) is 11.8 Å². The Kier molecular flexibility index (Phi) is 6.48. The van der Waals surface area contributed by atoms with Crippen LogP contribution in [0.25, 0.3) is 0 Å². The highest BCUT2D eigenvalue weighted by Gasteiger charge is 2.33. The van der Waals surface area contributed by atoms with Crippen molar-refractivity contribution in [1.82, 2.24) is 19.7 Å². The van der Waals surface area contributed by atoms with Crippen LogP contribution in [0.3, 0.4) is 0 Å². The van der Waals surface area contributed by atoms with Crippen LogP contribution in [-0.4, -0.2) is 58.0 Å². The fourth-order valence-corrected chi connectivity index (χ4v) is 5.48. The number of amides is 1. The molecule has 0 spiro atoms. The summed E-state index contributed by atoms with van der Waals surface area (Å²) >= 11 is 1.57. The first-order valence-electron chi connectivity index (χ1n) is 11.2. The van der Waals surface area contributed by atoms with Gasteiger partial charge in [-0.15, -0.1) is 10.2 Å². The smallest absolute Gasteiger partial charge is 0.232 e. The van der Waals surface area contributed by atoms with Gasteiger partial charge in [0.25, 0.3) is 0 Å². The van der Waals surface area contributed by atoms with E-state index in [2.05, 4.69) is 26.6 Å². The summed E-state index contributed by atoms with van der Waals surface area (Å²) in [5.41, 5.74) is 0. The number of rotatable bonds is 7. The fourth-order valence-electron chi connectivity index (χ4n) is 4.54. The summed E-state index contributed by atoms with van der Waals surface area (Å²) in [5.74, 6) is 3.20. The van der Waals surface area contributed by atoms with Crippen LogP contribution in [0.4, 0.5) is 5.95 Å². The number of nitrogens with zero attached hydrogens (tertiary/aromatic N) is 5. The quantitative estimate of drug-likeness (QED) is 0.642. The van der Waals surface area contributed by atoms with E-state index in [1.165, 1.54) is 57.8 Å². The van der Waals surface area contributed by atoms with Gasteiger partial charge in [-0.05, 0) is 50.4 Å². The van der Waals surface area contributed by atoms with Crippen molar-refractivity contribution in [3.8, 4) is 0 Å². The number of piperidine rings is 1. The summed E-state index contributed by atoms with van der Waals surface area (Å²) in [6.45, 7) is 5.38. The van der Waals surface area contributed by atoms with Gasteiger partial charge in [0.05, 0.1) is 5.75 Å². The average Bonchev–Trinajstić information content (AvgIpc) is 3.46. The molecule has 6 nitrogen and oxygen atoms in total. The molecule has 0 aromatic carbocycles. The summed E-state index contributed by atoms with van der Waals surface area (Å²) in [4.78, 5) is 17.0.